The zero-order chi connectivity index (χ0) is 12.4. The molecule has 0 aromatic carbocycles. The van der Waals surface area contributed by atoms with Crippen molar-refractivity contribution >= 4 is 15.9 Å². The third-order valence-electron chi connectivity index (χ3n) is 3.46. The molecule has 1 aliphatic carbocycles. The molecule has 0 bridgehead atoms. The first-order valence-electron chi connectivity index (χ1n) is 6.22. The Hall–Kier alpha value is -0.550. The first kappa shape index (κ1) is 12.9. The number of likely N-dealkylation sites (N-methyl/N-ethyl adjacent to an activating group) is 1. The first-order chi connectivity index (χ1) is 8.09. The monoisotopic (exact) mass is 301 g/mol. The van der Waals surface area contributed by atoms with Crippen LogP contribution in [0.5, 0.6) is 0 Å². The van der Waals surface area contributed by atoms with Crippen molar-refractivity contribution in [3.05, 3.63) is 20.5 Å². The molecule has 0 unspecified atom stereocenters. The molecule has 0 spiro atoms. The van der Waals surface area contributed by atoms with Crippen LogP contribution in [0.3, 0.4) is 0 Å². The van der Waals surface area contributed by atoms with E-state index in [1.54, 1.807) is 4.68 Å². The molecule has 0 aliphatic heterocycles. The molecule has 0 radical (unpaired) electrons. The van der Waals surface area contributed by atoms with Crippen LogP contribution in [0.1, 0.15) is 37.3 Å². The van der Waals surface area contributed by atoms with Gasteiger partial charge in [0.25, 0.3) is 5.56 Å². The predicted octanol–water partition coefficient (Wildman–Crippen LogP) is 2.16. The van der Waals surface area contributed by atoms with Crippen molar-refractivity contribution in [3.63, 3.8) is 0 Å². The van der Waals surface area contributed by atoms with E-state index in [0.717, 1.165) is 23.3 Å². The van der Waals surface area contributed by atoms with Crippen molar-refractivity contribution in [2.24, 2.45) is 0 Å². The summed E-state index contributed by atoms with van der Waals surface area (Å²) < 4.78 is 2.46. The summed E-state index contributed by atoms with van der Waals surface area (Å²) in [6.07, 6.45) is 4.96. The zero-order valence-electron chi connectivity index (χ0n) is 10.5. The van der Waals surface area contributed by atoms with E-state index in [2.05, 4.69) is 25.9 Å². The van der Waals surface area contributed by atoms with E-state index in [4.69, 9.17) is 0 Å². The van der Waals surface area contributed by atoms with Crippen LogP contribution in [-0.2, 0) is 6.54 Å². The quantitative estimate of drug-likeness (QED) is 0.926. The normalized spacial score (nSPS) is 17.2. The molecule has 1 aliphatic rings. The second kappa shape index (κ2) is 5.40. The minimum absolute atomic E-state index is 0.0775. The molecule has 1 N–H and O–H groups in total. The van der Waals surface area contributed by atoms with E-state index in [1.807, 2.05) is 14.1 Å². The maximum Gasteiger partial charge on any atom is 0.281 e. The molecule has 0 saturated heterocycles. The lowest BCUT2D eigenvalue weighted by Gasteiger charge is -2.10. The van der Waals surface area contributed by atoms with Gasteiger partial charge in [-0.1, -0.05) is 12.8 Å². The molecule has 1 fully saturated rings. The number of aromatic amines is 1. The van der Waals surface area contributed by atoms with E-state index in [9.17, 15) is 4.79 Å². The lowest BCUT2D eigenvalue weighted by atomic mass is 10.1. The lowest BCUT2D eigenvalue weighted by molar-refractivity contribution is 0.369. The second-order valence-electron chi connectivity index (χ2n) is 5.08. The van der Waals surface area contributed by atoms with E-state index >= 15 is 0 Å². The third-order valence-corrected chi connectivity index (χ3v) is 4.23. The highest BCUT2D eigenvalue weighted by Gasteiger charge is 2.23. The fraction of sp³-hybridized carbons (Fsp3) is 0.750. The molecular weight excluding hydrogens is 282 g/mol. The molecule has 2 rings (SSSR count). The Labute approximate surface area is 110 Å². The summed E-state index contributed by atoms with van der Waals surface area (Å²) in [6, 6.07) is 0. The van der Waals surface area contributed by atoms with Gasteiger partial charge in [0.2, 0.25) is 0 Å². The van der Waals surface area contributed by atoms with Gasteiger partial charge in [0.1, 0.15) is 4.47 Å². The molecule has 0 atom stereocenters. The molecule has 0 amide bonds. The number of rotatable bonds is 4. The van der Waals surface area contributed by atoms with Crippen LogP contribution >= 0.6 is 15.9 Å². The van der Waals surface area contributed by atoms with Crippen LogP contribution in [0.4, 0.5) is 0 Å². The van der Waals surface area contributed by atoms with Crippen molar-refractivity contribution in [2.45, 2.75) is 38.1 Å². The largest absolute Gasteiger partial charge is 0.308 e. The van der Waals surface area contributed by atoms with Gasteiger partial charge in [0, 0.05) is 12.5 Å². The molecule has 1 heterocycles. The predicted molar refractivity (Wildman–Crippen MR) is 72.5 cm³/mol. The van der Waals surface area contributed by atoms with E-state index < -0.39 is 0 Å². The number of H-pyrrole nitrogens is 1. The summed E-state index contributed by atoms with van der Waals surface area (Å²) in [6.45, 7) is 1.59. The summed E-state index contributed by atoms with van der Waals surface area (Å²) in [4.78, 5) is 14.1. The minimum atomic E-state index is 0.0775. The van der Waals surface area contributed by atoms with Crippen LogP contribution in [0.25, 0.3) is 0 Å². The Morgan fingerprint density at radius 2 is 2.06 bits per heavy atom. The smallest absolute Gasteiger partial charge is 0.281 e. The molecule has 1 aromatic heterocycles. The average Bonchev–Trinajstić information content (AvgIpc) is 2.88. The highest BCUT2D eigenvalue weighted by molar-refractivity contribution is 9.10. The molecule has 4 nitrogen and oxygen atoms in total. The van der Waals surface area contributed by atoms with E-state index in [0.29, 0.717) is 5.92 Å². The SMILES string of the molecule is CN(C)CCn1[nH]c(C2CCCC2)c(Br)c1=O. The molecule has 5 heteroatoms. The fourth-order valence-corrected chi connectivity index (χ4v) is 3.05. The second-order valence-corrected chi connectivity index (χ2v) is 5.87. The Morgan fingerprint density at radius 1 is 1.41 bits per heavy atom. The van der Waals surface area contributed by atoms with Crippen molar-refractivity contribution in [1.29, 1.82) is 0 Å². The number of hydrogen-bond donors (Lipinski definition) is 1. The van der Waals surface area contributed by atoms with Gasteiger partial charge in [-0.05, 0) is 42.9 Å². The highest BCUT2D eigenvalue weighted by Crippen LogP contribution is 2.35. The topological polar surface area (TPSA) is 41.0 Å². The number of halogens is 1. The van der Waals surface area contributed by atoms with Crippen LogP contribution < -0.4 is 5.56 Å². The van der Waals surface area contributed by atoms with Gasteiger partial charge in [0.05, 0.1) is 12.2 Å². The summed E-state index contributed by atoms with van der Waals surface area (Å²) in [5.41, 5.74) is 1.18. The average molecular weight is 302 g/mol. The van der Waals surface area contributed by atoms with E-state index in [1.165, 1.54) is 25.7 Å². The Kier molecular flexibility index (Phi) is 4.09. The van der Waals surface area contributed by atoms with Crippen LogP contribution in [0, 0.1) is 0 Å². The van der Waals surface area contributed by atoms with Crippen molar-refractivity contribution < 1.29 is 0 Å². The lowest BCUT2D eigenvalue weighted by Crippen LogP contribution is -2.25. The Bertz CT molecular complexity index is 429. The van der Waals surface area contributed by atoms with Gasteiger partial charge < -0.3 is 4.90 Å². The molecular formula is C12H20BrN3O. The minimum Gasteiger partial charge on any atom is -0.308 e. The van der Waals surface area contributed by atoms with Gasteiger partial charge in [-0.15, -0.1) is 0 Å². The van der Waals surface area contributed by atoms with Gasteiger partial charge in [-0.25, -0.2) is 0 Å². The number of hydrogen-bond acceptors (Lipinski definition) is 2. The summed E-state index contributed by atoms with van der Waals surface area (Å²) in [5, 5.41) is 3.28. The Balaban J connectivity index is 2.18. The van der Waals surface area contributed by atoms with Crippen LogP contribution in [-0.4, -0.2) is 35.3 Å². The standard InChI is InChI=1S/C12H20BrN3O/c1-15(2)7-8-16-12(17)10(13)11(14-16)9-5-3-4-6-9/h9,14H,3-8H2,1-2H3. The number of nitrogens with one attached hydrogen (secondary N) is 1. The Morgan fingerprint density at radius 3 is 2.65 bits per heavy atom. The summed E-state index contributed by atoms with van der Waals surface area (Å²) in [7, 11) is 4.03. The molecule has 1 saturated carbocycles. The maximum atomic E-state index is 12.0. The van der Waals surface area contributed by atoms with Crippen LogP contribution in [0.15, 0.2) is 9.27 Å². The van der Waals surface area contributed by atoms with Crippen molar-refractivity contribution in [1.82, 2.24) is 14.7 Å². The molecule has 96 valence electrons. The first-order valence-corrected chi connectivity index (χ1v) is 7.02. The van der Waals surface area contributed by atoms with E-state index in [-0.39, 0.29) is 5.56 Å². The number of aromatic nitrogens is 2. The molecule has 1 aromatic rings. The number of nitrogens with zero attached hydrogens (tertiary/aromatic N) is 2. The van der Waals surface area contributed by atoms with Gasteiger partial charge in [0.15, 0.2) is 0 Å². The van der Waals surface area contributed by atoms with Gasteiger partial charge in [-0.2, -0.15) is 0 Å². The van der Waals surface area contributed by atoms with Gasteiger partial charge >= 0.3 is 0 Å². The zero-order valence-corrected chi connectivity index (χ0v) is 12.1. The fourth-order valence-electron chi connectivity index (χ4n) is 2.42. The summed E-state index contributed by atoms with van der Waals surface area (Å²) >= 11 is 3.44. The van der Waals surface area contributed by atoms with Gasteiger partial charge in [-0.3, -0.25) is 14.6 Å². The van der Waals surface area contributed by atoms with Crippen molar-refractivity contribution in [3.8, 4) is 0 Å². The van der Waals surface area contributed by atoms with Crippen molar-refractivity contribution in [2.75, 3.05) is 20.6 Å². The summed E-state index contributed by atoms with van der Waals surface area (Å²) in [5.74, 6) is 0.540. The maximum absolute atomic E-state index is 12.0. The van der Waals surface area contributed by atoms with Crippen LogP contribution in [0.2, 0.25) is 0 Å². The third kappa shape index (κ3) is 2.83. The highest BCUT2D eigenvalue weighted by atomic mass is 79.9. The molecule has 17 heavy (non-hydrogen) atoms.